The van der Waals surface area contributed by atoms with Crippen LogP contribution in [0.5, 0.6) is 0 Å². The smallest absolute Gasteiger partial charge is 0.225 e. The van der Waals surface area contributed by atoms with Crippen LogP contribution in [0.2, 0.25) is 5.02 Å². The van der Waals surface area contributed by atoms with Gasteiger partial charge in [-0.3, -0.25) is 14.6 Å². The molecule has 2 atom stereocenters. The van der Waals surface area contributed by atoms with Crippen LogP contribution in [-0.4, -0.2) is 30.9 Å². The Morgan fingerprint density at radius 3 is 3.00 bits per heavy atom. The largest absolute Gasteiger partial charge is 0.311 e. The lowest BCUT2D eigenvalue weighted by Gasteiger charge is -2.28. The third-order valence-corrected chi connectivity index (χ3v) is 7.11. The zero-order valence-electron chi connectivity index (χ0n) is 18.6. The summed E-state index contributed by atoms with van der Waals surface area (Å²) in [5.74, 6) is 1.36. The second kappa shape index (κ2) is 8.35. The maximum Gasteiger partial charge on any atom is 0.225 e. The van der Waals surface area contributed by atoms with Gasteiger partial charge in [-0.05, 0) is 49.1 Å². The number of hydrogen-bond donors (Lipinski definition) is 2. The molecule has 3 aromatic rings. The molecule has 4 heterocycles. The van der Waals surface area contributed by atoms with Crippen LogP contribution in [0, 0.1) is 11.3 Å². The molecule has 32 heavy (non-hydrogen) atoms. The lowest BCUT2D eigenvalue weighted by atomic mass is 9.78. The van der Waals surface area contributed by atoms with Crippen molar-refractivity contribution < 1.29 is 4.79 Å². The summed E-state index contributed by atoms with van der Waals surface area (Å²) < 4.78 is 2.06. The zero-order valence-corrected chi connectivity index (χ0v) is 19.3. The Kier molecular flexibility index (Phi) is 5.53. The fraction of sp³-hybridized carbons (Fsp3) is 0.500. The summed E-state index contributed by atoms with van der Waals surface area (Å²) in [5.41, 5.74) is 4.44. The van der Waals surface area contributed by atoms with Crippen molar-refractivity contribution in [2.45, 2.75) is 64.8 Å². The number of nitrogens with one attached hydrogen (secondary N) is 2. The van der Waals surface area contributed by atoms with Crippen molar-refractivity contribution in [2.24, 2.45) is 11.3 Å². The van der Waals surface area contributed by atoms with Crippen molar-refractivity contribution in [3.63, 3.8) is 0 Å². The molecule has 0 spiro atoms. The molecular formula is C24H29ClN6O. The highest BCUT2D eigenvalue weighted by Gasteiger charge is 2.32. The second-order valence-corrected chi connectivity index (χ2v) is 10.5. The number of carbonyl (C=O) groups excluding carboxylic acids is 1. The van der Waals surface area contributed by atoms with Crippen LogP contribution in [0.3, 0.4) is 0 Å². The van der Waals surface area contributed by atoms with Crippen LogP contribution in [-0.2, 0) is 17.8 Å². The molecule has 1 saturated carbocycles. The number of hydrogen-bond acceptors (Lipinski definition) is 4. The van der Waals surface area contributed by atoms with Gasteiger partial charge < -0.3 is 5.32 Å². The Morgan fingerprint density at radius 1 is 1.31 bits per heavy atom. The number of aromatic amines is 1. The summed E-state index contributed by atoms with van der Waals surface area (Å²) in [6, 6.07) is 3.92. The van der Waals surface area contributed by atoms with E-state index >= 15 is 0 Å². The Labute approximate surface area is 193 Å². The first-order chi connectivity index (χ1) is 15.4. The SMILES string of the molecule is CC1(C)Cc2c(-c3cc(NC(=O)C[C@@H]4CCC[C@H](c5ccn[nH]5)C4)ncc3Cl)cnn2C1. The third kappa shape index (κ3) is 4.31. The molecule has 2 aliphatic rings. The molecule has 1 aliphatic heterocycles. The van der Waals surface area contributed by atoms with E-state index in [0.717, 1.165) is 49.8 Å². The van der Waals surface area contributed by atoms with Crippen LogP contribution in [0.15, 0.2) is 30.7 Å². The number of anilines is 1. The summed E-state index contributed by atoms with van der Waals surface area (Å²) in [5, 5.41) is 15.3. The van der Waals surface area contributed by atoms with E-state index < -0.39 is 0 Å². The molecule has 1 amide bonds. The van der Waals surface area contributed by atoms with E-state index in [-0.39, 0.29) is 11.3 Å². The van der Waals surface area contributed by atoms with Crippen LogP contribution in [0.4, 0.5) is 5.82 Å². The molecular weight excluding hydrogens is 424 g/mol. The molecule has 0 saturated heterocycles. The molecule has 0 bridgehead atoms. The number of nitrogens with zero attached hydrogens (tertiary/aromatic N) is 4. The molecule has 2 N–H and O–H groups in total. The van der Waals surface area contributed by atoms with Crippen molar-refractivity contribution in [2.75, 3.05) is 5.32 Å². The first-order valence-corrected chi connectivity index (χ1v) is 11.8. The molecule has 1 aliphatic carbocycles. The van der Waals surface area contributed by atoms with Gasteiger partial charge in [0.25, 0.3) is 0 Å². The zero-order chi connectivity index (χ0) is 22.3. The third-order valence-electron chi connectivity index (χ3n) is 6.80. The summed E-state index contributed by atoms with van der Waals surface area (Å²) in [6.07, 6.45) is 11.1. The minimum absolute atomic E-state index is 0.00222. The Morgan fingerprint density at radius 2 is 2.19 bits per heavy atom. The minimum Gasteiger partial charge on any atom is -0.311 e. The number of halogens is 1. The maximum atomic E-state index is 12.8. The highest BCUT2D eigenvalue weighted by molar-refractivity contribution is 6.33. The summed E-state index contributed by atoms with van der Waals surface area (Å²) in [4.78, 5) is 17.2. The Hall–Kier alpha value is -2.67. The summed E-state index contributed by atoms with van der Waals surface area (Å²) in [7, 11) is 0. The van der Waals surface area contributed by atoms with E-state index in [1.807, 2.05) is 18.3 Å². The molecule has 5 rings (SSSR count). The summed E-state index contributed by atoms with van der Waals surface area (Å²) in [6.45, 7) is 5.39. The molecule has 168 valence electrons. The predicted octanol–water partition coefficient (Wildman–Crippen LogP) is 5.21. The molecule has 0 aromatic carbocycles. The van der Waals surface area contributed by atoms with Gasteiger partial charge in [0.1, 0.15) is 5.82 Å². The number of amides is 1. The summed E-state index contributed by atoms with van der Waals surface area (Å²) >= 11 is 6.50. The van der Waals surface area contributed by atoms with Crippen LogP contribution in [0.1, 0.15) is 63.3 Å². The highest BCUT2D eigenvalue weighted by Crippen LogP contribution is 2.40. The minimum atomic E-state index is 0.00222. The number of aromatic nitrogens is 5. The predicted molar refractivity (Wildman–Crippen MR) is 124 cm³/mol. The average molecular weight is 453 g/mol. The normalized spacial score (nSPS) is 22.0. The number of fused-ring (bicyclic) bond motifs is 1. The molecule has 0 radical (unpaired) electrons. The van der Waals surface area contributed by atoms with Gasteiger partial charge in [-0.15, -0.1) is 0 Å². The molecule has 1 fully saturated rings. The highest BCUT2D eigenvalue weighted by atomic mass is 35.5. The van der Waals surface area contributed by atoms with E-state index in [2.05, 4.69) is 44.1 Å². The number of rotatable bonds is 5. The van der Waals surface area contributed by atoms with Gasteiger partial charge in [0.05, 0.1) is 11.2 Å². The first-order valence-electron chi connectivity index (χ1n) is 11.4. The van der Waals surface area contributed by atoms with Crippen molar-refractivity contribution in [1.29, 1.82) is 0 Å². The molecule has 7 nitrogen and oxygen atoms in total. The lowest BCUT2D eigenvalue weighted by molar-refractivity contribution is -0.117. The lowest BCUT2D eigenvalue weighted by Crippen LogP contribution is -2.21. The Balaban J connectivity index is 1.27. The van der Waals surface area contributed by atoms with E-state index in [4.69, 9.17) is 11.6 Å². The van der Waals surface area contributed by atoms with Gasteiger partial charge in [0.2, 0.25) is 5.91 Å². The first kappa shape index (κ1) is 21.2. The number of H-pyrrole nitrogens is 1. The van der Waals surface area contributed by atoms with Crippen molar-refractivity contribution in [3.8, 4) is 11.1 Å². The van der Waals surface area contributed by atoms with Gasteiger partial charge in [-0.2, -0.15) is 10.2 Å². The van der Waals surface area contributed by atoms with Crippen molar-refractivity contribution in [1.82, 2.24) is 25.0 Å². The van der Waals surface area contributed by atoms with Gasteiger partial charge in [-0.1, -0.05) is 31.9 Å². The van der Waals surface area contributed by atoms with E-state index in [1.165, 1.54) is 11.4 Å². The van der Waals surface area contributed by atoms with Crippen molar-refractivity contribution in [3.05, 3.63) is 47.1 Å². The monoisotopic (exact) mass is 452 g/mol. The van der Waals surface area contributed by atoms with Gasteiger partial charge in [0.15, 0.2) is 0 Å². The quantitative estimate of drug-likeness (QED) is 0.556. The standard InChI is InChI=1S/C24H29ClN6O/c1-24(2)11-21-18(12-28-31(21)14-24)17-10-22(26-13-19(17)25)29-23(32)9-15-4-3-5-16(8-15)20-6-7-27-30-20/h6-7,10,12-13,15-16H,3-5,8-9,11,14H2,1-2H3,(H,27,30)(H,26,29,32)/t15-,16+/m1/s1. The van der Waals surface area contributed by atoms with Crippen molar-refractivity contribution >= 4 is 23.3 Å². The number of pyridine rings is 1. The average Bonchev–Trinajstić information content (AvgIpc) is 3.46. The fourth-order valence-corrected chi connectivity index (χ4v) is 5.50. The van der Waals surface area contributed by atoms with Gasteiger partial charge in [-0.25, -0.2) is 4.98 Å². The fourth-order valence-electron chi connectivity index (χ4n) is 5.30. The number of carbonyl (C=O) groups is 1. The second-order valence-electron chi connectivity index (χ2n) is 10.0. The van der Waals surface area contributed by atoms with Crippen LogP contribution < -0.4 is 5.32 Å². The van der Waals surface area contributed by atoms with Crippen LogP contribution in [0.25, 0.3) is 11.1 Å². The Bertz CT molecular complexity index is 1120. The topological polar surface area (TPSA) is 88.5 Å². The maximum absolute atomic E-state index is 12.8. The molecule has 0 unspecified atom stereocenters. The molecule has 3 aromatic heterocycles. The molecule has 8 heteroatoms. The van der Waals surface area contributed by atoms with E-state index in [1.54, 1.807) is 12.4 Å². The van der Waals surface area contributed by atoms with E-state index in [0.29, 0.717) is 29.1 Å². The van der Waals surface area contributed by atoms with Gasteiger partial charge >= 0.3 is 0 Å². The van der Waals surface area contributed by atoms with Crippen LogP contribution >= 0.6 is 11.6 Å². The van der Waals surface area contributed by atoms with Gasteiger partial charge in [0, 0.05) is 53.8 Å². The van der Waals surface area contributed by atoms with E-state index in [9.17, 15) is 4.79 Å².